The lowest BCUT2D eigenvalue weighted by Crippen LogP contribution is -2.14. The fraction of sp³-hybridized carbons (Fsp3) is 0.500. The van der Waals surface area contributed by atoms with Gasteiger partial charge < -0.3 is 0 Å². The van der Waals surface area contributed by atoms with Gasteiger partial charge in [-0.25, -0.2) is 8.42 Å². The molecule has 66 valence electrons. The van der Waals surface area contributed by atoms with Crippen LogP contribution in [0.15, 0.2) is 23.4 Å². The first-order valence-corrected chi connectivity index (χ1v) is 5.64. The zero-order valence-electron chi connectivity index (χ0n) is 6.87. The third kappa shape index (κ3) is 1.27. The Kier molecular flexibility index (Phi) is 1.54. The molecule has 0 amide bonds. The van der Waals surface area contributed by atoms with E-state index in [1.54, 1.807) is 0 Å². The molecule has 1 heterocycles. The van der Waals surface area contributed by atoms with Crippen molar-refractivity contribution in [3.05, 3.63) is 23.4 Å². The molecule has 2 rings (SSSR count). The largest absolute Gasteiger partial charge is 0.283 e. The Morgan fingerprint density at radius 1 is 1.58 bits per heavy atom. The van der Waals surface area contributed by atoms with Crippen LogP contribution in [0.25, 0.3) is 0 Å². The molecule has 0 aromatic heterocycles. The predicted octanol–water partition coefficient (Wildman–Crippen LogP) is 0.770. The van der Waals surface area contributed by atoms with Gasteiger partial charge in [-0.1, -0.05) is 19.1 Å². The van der Waals surface area contributed by atoms with Crippen LogP contribution < -0.4 is 4.72 Å². The second kappa shape index (κ2) is 2.36. The minimum atomic E-state index is -3.04. The van der Waals surface area contributed by atoms with Crippen LogP contribution in [0.4, 0.5) is 0 Å². The third-order valence-electron chi connectivity index (χ3n) is 2.14. The van der Waals surface area contributed by atoms with Gasteiger partial charge in [0.05, 0.1) is 5.75 Å². The molecule has 1 aliphatic carbocycles. The lowest BCUT2D eigenvalue weighted by atomic mass is 9.97. The van der Waals surface area contributed by atoms with E-state index >= 15 is 0 Å². The van der Waals surface area contributed by atoms with Crippen molar-refractivity contribution < 1.29 is 8.42 Å². The summed E-state index contributed by atoms with van der Waals surface area (Å²) in [6.07, 6.45) is 4.93. The van der Waals surface area contributed by atoms with Gasteiger partial charge in [0, 0.05) is 5.70 Å². The summed E-state index contributed by atoms with van der Waals surface area (Å²) >= 11 is 0. The van der Waals surface area contributed by atoms with E-state index in [9.17, 15) is 8.42 Å². The third-order valence-corrected chi connectivity index (χ3v) is 3.36. The van der Waals surface area contributed by atoms with Gasteiger partial charge in [-0.3, -0.25) is 4.72 Å². The Labute approximate surface area is 72.2 Å². The maximum absolute atomic E-state index is 11.1. The fourth-order valence-corrected chi connectivity index (χ4v) is 2.86. The normalized spacial score (nSPS) is 31.6. The van der Waals surface area contributed by atoms with E-state index in [-0.39, 0.29) is 5.75 Å². The van der Waals surface area contributed by atoms with Crippen molar-refractivity contribution in [2.24, 2.45) is 5.92 Å². The van der Waals surface area contributed by atoms with Gasteiger partial charge >= 0.3 is 0 Å². The van der Waals surface area contributed by atoms with Gasteiger partial charge in [0.2, 0.25) is 10.0 Å². The Bertz CT molecular complexity index is 365. The highest BCUT2D eigenvalue weighted by atomic mass is 32.2. The van der Waals surface area contributed by atoms with Crippen molar-refractivity contribution in [2.45, 2.75) is 13.3 Å². The average Bonchev–Trinajstić information content (AvgIpc) is 2.21. The number of allylic oxidation sites excluding steroid dienone is 3. The first-order valence-electron chi connectivity index (χ1n) is 3.98. The van der Waals surface area contributed by atoms with E-state index in [4.69, 9.17) is 0 Å². The first kappa shape index (κ1) is 7.86. The zero-order chi connectivity index (χ0) is 8.77. The van der Waals surface area contributed by atoms with E-state index < -0.39 is 10.0 Å². The minimum absolute atomic E-state index is 0.156. The SMILES string of the molecule is CC1C=C2CS(=O)(=O)NC2=CC1. The van der Waals surface area contributed by atoms with E-state index in [1.807, 2.05) is 12.2 Å². The molecule has 0 radical (unpaired) electrons. The van der Waals surface area contributed by atoms with Crippen molar-refractivity contribution in [1.82, 2.24) is 4.72 Å². The molecule has 1 aliphatic heterocycles. The number of fused-ring (bicyclic) bond motifs is 1. The molecule has 1 unspecified atom stereocenters. The predicted molar refractivity (Wildman–Crippen MR) is 46.9 cm³/mol. The number of hydrogen-bond acceptors (Lipinski definition) is 2. The second-order valence-electron chi connectivity index (χ2n) is 3.38. The molecule has 1 fully saturated rings. The van der Waals surface area contributed by atoms with Crippen LogP contribution >= 0.6 is 0 Å². The molecular formula is C8H11NO2S. The topological polar surface area (TPSA) is 46.2 Å². The molecule has 1 saturated heterocycles. The fourth-order valence-electron chi connectivity index (χ4n) is 1.58. The van der Waals surface area contributed by atoms with Gasteiger partial charge in [0.1, 0.15) is 0 Å². The molecule has 0 saturated carbocycles. The highest BCUT2D eigenvalue weighted by Gasteiger charge is 2.28. The number of sulfonamides is 1. The molecule has 12 heavy (non-hydrogen) atoms. The van der Waals surface area contributed by atoms with Crippen molar-refractivity contribution in [3.63, 3.8) is 0 Å². The Morgan fingerprint density at radius 3 is 3.08 bits per heavy atom. The zero-order valence-corrected chi connectivity index (χ0v) is 7.69. The number of rotatable bonds is 0. The van der Waals surface area contributed by atoms with Crippen LogP contribution in [0.3, 0.4) is 0 Å². The summed E-state index contributed by atoms with van der Waals surface area (Å²) in [4.78, 5) is 0. The van der Waals surface area contributed by atoms with Crippen LogP contribution in [0.1, 0.15) is 13.3 Å². The molecule has 0 aromatic carbocycles. The maximum atomic E-state index is 11.1. The van der Waals surface area contributed by atoms with Crippen LogP contribution in [0.5, 0.6) is 0 Å². The molecule has 3 nitrogen and oxygen atoms in total. The minimum Gasteiger partial charge on any atom is -0.283 e. The van der Waals surface area contributed by atoms with E-state index in [0.29, 0.717) is 5.92 Å². The monoisotopic (exact) mass is 185 g/mol. The molecule has 0 aromatic rings. The molecule has 0 spiro atoms. The summed E-state index contributed by atoms with van der Waals surface area (Å²) in [6.45, 7) is 2.09. The van der Waals surface area contributed by atoms with E-state index in [1.165, 1.54) is 0 Å². The van der Waals surface area contributed by atoms with Crippen molar-refractivity contribution in [2.75, 3.05) is 5.75 Å². The van der Waals surface area contributed by atoms with Crippen LogP contribution in [0.2, 0.25) is 0 Å². The van der Waals surface area contributed by atoms with Crippen LogP contribution in [-0.4, -0.2) is 14.2 Å². The van der Waals surface area contributed by atoms with E-state index in [2.05, 4.69) is 11.6 Å². The molecule has 2 aliphatic rings. The van der Waals surface area contributed by atoms with Gasteiger partial charge in [0.25, 0.3) is 0 Å². The van der Waals surface area contributed by atoms with Gasteiger partial charge in [-0.15, -0.1) is 0 Å². The van der Waals surface area contributed by atoms with E-state index in [0.717, 1.165) is 17.7 Å². The summed E-state index contributed by atoms with van der Waals surface area (Å²) in [5, 5.41) is 0. The van der Waals surface area contributed by atoms with Crippen molar-refractivity contribution in [1.29, 1.82) is 0 Å². The Balaban J connectivity index is 2.40. The van der Waals surface area contributed by atoms with Crippen LogP contribution in [0, 0.1) is 5.92 Å². The van der Waals surface area contributed by atoms with Gasteiger partial charge in [-0.2, -0.15) is 0 Å². The quantitative estimate of drug-likeness (QED) is 0.606. The first-order chi connectivity index (χ1) is 5.57. The number of nitrogens with one attached hydrogen (secondary N) is 1. The van der Waals surface area contributed by atoms with Gasteiger partial charge in [-0.05, 0) is 17.9 Å². The van der Waals surface area contributed by atoms with Crippen LogP contribution in [-0.2, 0) is 10.0 Å². The summed E-state index contributed by atoms with van der Waals surface area (Å²) < 4.78 is 24.7. The van der Waals surface area contributed by atoms with Crippen molar-refractivity contribution in [3.8, 4) is 0 Å². The molecule has 1 atom stereocenters. The molecule has 0 bridgehead atoms. The standard InChI is InChI=1S/C8H11NO2S/c1-6-2-3-8-7(4-6)5-12(10,11)9-8/h3-4,6,9H,2,5H2,1H3. The summed E-state index contributed by atoms with van der Waals surface area (Å²) in [5.74, 6) is 0.627. The lowest BCUT2D eigenvalue weighted by molar-refractivity contribution is 0.596. The molecule has 4 heteroatoms. The summed E-state index contributed by atoms with van der Waals surface area (Å²) in [5.41, 5.74) is 1.74. The Morgan fingerprint density at radius 2 is 2.33 bits per heavy atom. The number of hydrogen-bond donors (Lipinski definition) is 1. The lowest BCUT2D eigenvalue weighted by Gasteiger charge is -2.11. The molecular weight excluding hydrogens is 174 g/mol. The highest BCUT2D eigenvalue weighted by Crippen LogP contribution is 2.26. The summed E-state index contributed by atoms with van der Waals surface area (Å²) in [6, 6.07) is 0. The highest BCUT2D eigenvalue weighted by molar-refractivity contribution is 7.90. The Hall–Kier alpha value is -0.770. The average molecular weight is 185 g/mol. The second-order valence-corrected chi connectivity index (χ2v) is 5.11. The maximum Gasteiger partial charge on any atom is 0.236 e. The smallest absolute Gasteiger partial charge is 0.236 e. The van der Waals surface area contributed by atoms with Gasteiger partial charge in [0.15, 0.2) is 0 Å². The summed E-state index contributed by atoms with van der Waals surface area (Å²) in [7, 11) is -3.04. The molecule has 1 N–H and O–H groups in total. The van der Waals surface area contributed by atoms with Crippen molar-refractivity contribution >= 4 is 10.0 Å².